The minimum Gasteiger partial charge on any atom is -0.356 e. The first-order valence-electron chi connectivity index (χ1n) is 8.14. The van der Waals surface area contributed by atoms with Crippen molar-refractivity contribution in [2.45, 2.75) is 6.18 Å². The summed E-state index contributed by atoms with van der Waals surface area (Å²) in [6.45, 7) is 0. The third kappa shape index (κ3) is 4.20. The van der Waals surface area contributed by atoms with Crippen molar-refractivity contribution in [3.63, 3.8) is 0 Å². The van der Waals surface area contributed by atoms with E-state index in [1.807, 2.05) is 30.3 Å². The van der Waals surface area contributed by atoms with Crippen molar-refractivity contribution in [2.75, 3.05) is 12.4 Å². The van der Waals surface area contributed by atoms with Gasteiger partial charge in [-0.2, -0.15) is 13.2 Å². The van der Waals surface area contributed by atoms with Gasteiger partial charge in [-0.1, -0.05) is 30.3 Å². The maximum absolute atomic E-state index is 12.4. The van der Waals surface area contributed by atoms with Crippen LogP contribution in [0.3, 0.4) is 0 Å². The minimum absolute atomic E-state index is 0.226. The maximum Gasteiger partial charge on any atom is 0.471 e. The van der Waals surface area contributed by atoms with Crippen LogP contribution in [0.2, 0.25) is 0 Å². The topological polar surface area (TPSA) is 75.5 Å². The van der Waals surface area contributed by atoms with E-state index in [1.165, 1.54) is 23.7 Å². The first kappa shape index (κ1) is 19.2. The van der Waals surface area contributed by atoms with Crippen molar-refractivity contribution in [2.24, 2.45) is 0 Å². The van der Waals surface area contributed by atoms with E-state index in [9.17, 15) is 22.8 Å². The van der Waals surface area contributed by atoms with Crippen LogP contribution in [0.25, 0.3) is 11.2 Å². The Balaban J connectivity index is 2.01. The first-order valence-corrected chi connectivity index (χ1v) is 8.14. The number of nitrogens with one attached hydrogen (secondary N) is 2. The second-order valence-corrected chi connectivity index (χ2v) is 5.80. The summed E-state index contributed by atoms with van der Waals surface area (Å²) in [6.07, 6.45) is -0.685. The van der Waals surface area contributed by atoms with Crippen molar-refractivity contribution in [1.82, 2.24) is 14.7 Å². The summed E-state index contributed by atoms with van der Waals surface area (Å²) in [5.41, 5.74) is 2.40. The van der Waals surface area contributed by atoms with Gasteiger partial charge in [-0.25, -0.2) is 4.98 Å². The van der Waals surface area contributed by atoms with Crippen molar-refractivity contribution < 1.29 is 22.8 Å². The van der Waals surface area contributed by atoms with E-state index in [4.69, 9.17) is 0 Å². The predicted octanol–water partition coefficient (Wildman–Crippen LogP) is 3.01. The van der Waals surface area contributed by atoms with Gasteiger partial charge in [0.2, 0.25) is 5.91 Å². The van der Waals surface area contributed by atoms with Crippen LogP contribution in [0.15, 0.2) is 60.9 Å². The fourth-order valence-corrected chi connectivity index (χ4v) is 2.55. The molecule has 0 fully saturated rings. The molecule has 0 radical (unpaired) electrons. The monoisotopic (exact) mass is 388 g/mol. The number of pyridine rings is 1. The van der Waals surface area contributed by atoms with E-state index in [0.29, 0.717) is 16.8 Å². The number of halogens is 3. The molecular weight excluding hydrogens is 373 g/mol. The summed E-state index contributed by atoms with van der Waals surface area (Å²) in [6, 6.07) is 12.4. The van der Waals surface area contributed by atoms with E-state index < -0.39 is 12.1 Å². The Kier molecular flexibility index (Phi) is 5.16. The van der Waals surface area contributed by atoms with E-state index in [1.54, 1.807) is 23.6 Å². The highest BCUT2D eigenvalue weighted by molar-refractivity contribution is 5.99. The molecule has 0 aliphatic rings. The van der Waals surface area contributed by atoms with Crippen LogP contribution in [0.4, 0.5) is 19.0 Å². The van der Waals surface area contributed by atoms with Crippen LogP contribution < -0.4 is 10.6 Å². The number of hydrogen-bond donors (Lipinski definition) is 2. The third-order valence-electron chi connectivity index (χ3n) is 3.87. The largest absolute Gasteiger partial charge is 0.471 e. The van der Waals surface area contributed by atoms with Crippen LogP contribution in [0, 0.1) is 0 Å². The summed E-state index contributed by atoms with van der Waals surface area (Å²) in [4.78, 5) is 26.9. The predicted molar refractivity (Wildman–Crippen MR) is 97.5 cm³/mol. The molecule has 0 aliphatic heterocycles. The molecule has 0 aliphatic carbocycles. The van der Waals surface area contributed by atoms with Gasteiger partial charge >= 0.3 is 12.1 Å². The Morgan fingerprint density at radius 2 is 1.75 bits per heavy atom. The maximum atomic E-state index is 12.4. The molecule has 2 amide bonds. The molecule has 9 heteroatoms. The molecule has 28 heavy (non-hydrogen) atoms. The lowest BCUT2D eigenvalue weighted by Crippen LogP contribution is -2.30. The number of likely N-dealkylation sites (N-methyl/N-ethyl adjacent to an activating group) is 1. The summed E-state index contributed by atoms with van der Waals surface area (Å²) in [5, 5.41) is 4.24. The van der Waals surface area contributed by atoms with Crippen molar-refractivity contribution in [3.05, 3.63) is 72.1 Å². The summed E-state index contributed by atoms with van der Waals surface area (Å²) in [5.74, 6) is -2.63. The van der Waals surface area contributed by atoms with Crippen molar-refractivity contribution in [3.8, 4) is 0 Å². The van der Waals surface area contributed by atoms with Gasteiger partial charge in [0, 0.05) is 19.3 Å². The van der Waals surface area contributed by atoms with Gasteiger partial charge in [-0.15, -0.1) is 0 Å². The lowest BCUT2D eigenvalue weighted by Gasteiger charge is -2.09. The Labute approximate surface area is 157 Å². The molecule has 0 bridgehead atoms. The number of carbonyl (C=O) groups excluding carboxylic acids is 2. The zero-order valence-electron chi connectivity index (χ0n) is 14.6. The molecule has 2 heterocycles. The lowest BCUT2D eigenvalue weighted by molar-refractivity contribution is -0.167. The molecule has 0 atom stereocenters. The van der Waals surface area contributed by atoms with E-state index in [2.05, 4.69) is 10.3 Å². The quantitative estimate of drug-likeness (QED) is 0.675. The van der Waals surface area contributed by atoms with E-state index in [0.717, 1.165) is 5.56 Å². The number of rotatable bonds is 4. The smallest absolute Gasteiger partial charge is 0.356 e. The minimum atomic E-state index is -5.00. The molecule has 6 nitrogen and oxygen atoms in total. The second kappa shape index (κ2) is 7.55. The zero-order valence-corrected chi connectivity index (χ0v) is 14.6. The zero-order chi connectivity index (χ0) is 20.3. The Morgan fingerprint density at radius 1 is 1.04 bits per heavy atom. The number of anilines is 1. The molecule has 3 aromatic rings. The molecular formula is C19H15F3N4O2. The number of imidazole rings is 1. The molecule has 144 valence electrons. The van der Waals surface area contributed by atoms with E-state index >= 15 is 0 Å². The Bertz CT molecular complexity index is 1060. The van der Waals surface area contributed by atoms with Gasteiger partial charge < -0.3 is 15.0 Å². The SMILES string of the molecule is CNC(=O)/C=C(\c1ccccc1)c1ccc2nc(NC(=O)C(F)(F)F)cn2c1. The highest BCUT2D eigenvalue weighted by atomic mass is 19.4. The first-order chi connectivity index (χ1) is 13.3. The molecule has 0 unspecified atom stereocenters. The van der Waals surface area contributed by atoms with Gasteiger partial charge in [-0.3, -0.25) is 9.59 Å². The molecule has 2 N–H and O–H groups in total. The lowest BCUT2D eigenvalue weighted by atomic mass is 9.99. The molecule has 0 saturated carbocycles. The standard InChI is InChI=1S/C19H15F3N4O2/c1-23-17(27)9-14(12-5-3-2-4-6-12)13-7-8-16-24-15(11-26(16)10-13)25-18(28)19(20,21)22/h2-11H,1H3,(H,23,27)(H,25,28)/b14-9+. The van der Waals surface area contributed by atoms with Crippen LogP contribution in [-0.4, -0.2) is 34.4 Å². The molecule has 0 saturated heterocycles. The second-order valence-electron chi connectivity index (χ2n) is 5.80. The molecule has 1 aromatic carbocycles. The number of carbonyl (C=O) groups is 2. The van der Waals surface area contributed by atoms with Crippen LogP contribution in [-0.2, 0) is 9.59 Å². The normalized spacial score (nSPS) is 12.1. The highest BCUT2D eigenvalue weighted by Crippen LogP contribution is 2.25. The number of benzene rings is 1. The number of alkyl halides is 3. The van der Waals surface area contributed by atoms with E-state index in [-0.39, 0.29) is 11.7 Å². The van der Waals surface area contributed by atoms with Crippen LogP contribution in [0.5, 0.6) is 0 Å². The number of fused-ring (bicyclic) bond motifs is 1. The summed E-state index contributed by atoms with van der Waals surface area (Å²) in [7, 11) is 1.51. The van der Waals surface area contributed by atoms with Gasteiger partial charge in [0.25, 0.3) is 0 Å². The number of hydrogen-bond acceptors (Lipinski definition) is 3. The Morgan fingerprint density at radius 3 is 2.39 bits per heavy atom. The van der Waals surface area contributed by atoms with Crippen LogP contribution in [0.1, 0.15) is 11.1 Å². The van der Waals surface area contributed by atoms with Crippen molar-refractivity contribution in [1.29, 1.82) is 0 Å². The molecule has 2 aromatic heterocycles. The number of amides is 2. The summed E-state index contributed by atoms with van der Waals surface area (Å²) < 4.78 is 38.7. The average molecular weight is 388 g/mol. The van der Waals surface area contributed by atoms with Crippen molar-refractivity contribution >= 4 is 28.9 Å². The fourth-order valence-electron chi connectivity index (χ4n) is 2.55. The summed E-state index contributed by atoms with van der Waals surface area (Å²) >= 11 is 0. The Hall–Kier alpha value is -3.62. The molecule has 3 rings (SSSR count). The number of nitrogens with zero attached hydrogens (tertiary/aromatic N) is 2. The van der Waals surface area contributed by atoms with Gasteiger partial charge in [0.1, 0.15) is 5.65 Å². The van der Waals surface area contributed by atoms with Gasteiger partial charge in [0.05, 0.1) is 6.20 Å². The average Bonchev–Trinajstić information content (AvgIpc) is 3.07. The van der Waals surface area contributed by atoms with Gasteiger partial charge in [0.15, 0.2) is 5.82 Å². The highest BCUT2D eigenvalue weighted by Gasteiger charge is 2.39. The number of aromatic nitrogens is 2. The fraction of sp³-hybridized carbons (Fsp3) is 0.105. The van der Waals surface area contributed by atoms with Gasteiger partial charge in [-0.05, 0) is 28.8 Å². The molecule has 0 spiro atoms. The third-order valence-corrected chi connectivity index (χ3v) is 3.87. The van der Waals surface area contributed by atoms with Crippen LogP contribution >= 0.6 is 0 Å².